The second-order valence-corrected chi connectivity index (χ2v) is 6.80. The second kappa shape index (κ2) is 6.26. The fourth-order valence-electron chi connectivity index (χ4n) is 2.24. The zero-order chi connectivity index (χ0) is 15.7. The van der Waals surface area contributed by atoms with Crippen LogP contribution in [0.2, 0.25) is 0 Å². The van der Waals surface area contributed by atoms with Crippen LogP contribution in [-0.4, -0.2) is 14.2 Å². The van der Waals surface area contributed by atoms with E-state index in [0.717, 1.165) is 24.1 Å². The number of ether oxygens (including phenoxy) is 2. The maximum atomic E-state index is 12.6. The number of hydrogen-bond acceptors (Lipinski definition) is 4. The average molecular weight is 424 g/mol. The van der Waals surface area contributed by atoms with Gasteiger partial charge in [0.2, 0.25) is 5.43 Å². The van der Waals surface area contributed by atoms with Crippen LogP contribution in [0.5, 0.6) is 11.5 Å². The number of rotatable bonds is 3. The van der Waals surface area contributed by atoms with Gasteiger partial charge in [-0.1, -0.05) is 12.1 Å². The summed E-state index contributed by atoms with van der Waals surface area (Å²) >= 11 is 3.72. The highest BCUT2D eigenvalue weighted by Crippen LogP contribution is 2.36. The van der Waals surface area contributed by atoms with Gasteiger partial charge >= 0.3 is 0 Å². The van der Waals surface area contributed by atoms with E-state index >= 15 is 0 Å². The number of methoxy groups -OCH3 is 2. The highest BCUT2D eigenvalue weighted by Gasteiger charge is 2.13. The summed E-state index contributed by atoms with van der Waals surface area (Å²) in [5.41, 5.74) is 0.986. The van der Waals surface area contributed by atoms with E-state index in [9.17, 15) is 4.79 Å². The summed E-state index contributed by atoms with van der Waals surface area (Å²) in [5.74, 6) is 1.41. The Morgan fingerprint density at radius 1 is 1.00 bits per heavy atom. The topological polar surface area (TPSA) is 35.5 Å². The Morgan fingerprint density at radius 2 is 1.64 bits per heavy atom. The Labute approximate surface area is 145 Å². The molecule has 0 amide bonds. The first-order valence-electron chi connectivity index (χ1n) is 6.59. The highest BCUT2D eigenvalue weighted by molar-refractivity contribution is 14.1. The third-order valence-electron chi connectivity index (χ3n) is 3.36. The predicted molar refractivity (Wildman–Crippen MR) is 99.4 cm³/mol. The summed E-state index contributed by atoms with van der Waals surface area (Å²) in [6, 6.07) is 13.3. The van der Waals surface area contributed by atoms with Crippen LogP contribution in [0.1, 0.15) is 0 Å². The fraction of sp³-hybridized carbons (Fsp3) is 0.118. The normalized spacial score (nSPS) is 10.7. The molecular weight excluding hydrogens is 411 g/mol. The standard InChI is InChI=1S/C17H13IO3S/c1-20-11-7-10(8-12(9-11)21-2)17-15(18)16(19)13-5-3-4-6-14(13)22-17/h3-9H,1-2H3. The second-order valence-electron chi connectivity index (χ2n) is 4.67. The van der Waals surface area contributed by atoms with E-state index in [-0.39, 0.29) is 5.43 Å². The largest absolute Gasteiger partial charge is 0.497 e. The number of hydrogen-bond donors (Lipinski definition) is 0. The summed E-state index contributed by atoms with van der Waals surface area (Å²) in [6.07, 6.45) is 0. The lowest BCUT2D eigenvalue weighted by Crippen LogP contribution is -2.06. The molecule has 0 aliphatic carbocycles. The summed E-state index contributed by atoms with van der Waals surface area (Å²) in [5, 5.41) is 0.760. The van der Waals surface area contributed by atoms with Crippen molar-refractivity contribution in [1.29, 1.82) is 0 Å². The monoisotopic (exact) mass is 424 g/mol. The zero-order valence-electron chi connectivity index (χ0n) is 12.1. The number of benzene rings is 2. The molecule has 112 valence electrons. The molecule has 3 nitrogen and oxygen atoms in total. The van der Waals surface area contributed by atoms with Gasteiger partial charge in [0.05, 0.1) is 22.7 Å². The van der Waals surface area contributed by atoms with E-state index in [1.807, 2.05) is 42.5 Å². The molecule has 22 heavy (non-hydrogen) atoms. The molecule has 3 aromatic rings. The molecule has 0 unspecified atom stereocenters. The van der Waals surface area contributed by atoms with E-state index in [2.05, 4.69) is 22.6 Å². The van der Waals surface area contributed by atoms with Crippen molar-refractivity contribution in [3.63, 3.8) is 0 Å². The van der Waals surface area contributed by atoms with Gasteiger partial charge in [0.25, 0.3) is 0 Å². The lowest BCUT2D eigenvalue weighted by molar-refractivity contribution is 0.394. The van der Waals surface area contributed by atoms with Crippen molar-refractivity contribution in [2.45, 2.75) is 0 Å². The Balaban J connectivity index is 2.30. The van der Waals surface area contributed by atoms with Gasteiger partial charge in [-0.3, -0.25) is 4.79 Å². The minimum atomic E-state index is 0.0618. The molecule has 5 heteroatoms. The molecular formula is C17H13IO3S. The number of fused-ring (bicyclic) bond motifs is 1. The third kappa shape index (κ3) is 2.70. The molecule has 0 radical (unpaired) electrons. The first kappa shape index (κ1) is 15.3. The first-order chi connectivity index (χ1) is 10.6. The SMILES string of the molecule is COc1cc(OC)cc(-c2sc3ccccc3c(=O)c2I)c1. The van der Waals surface area contributed by atoms with Crippen LogP contribution in [-0.2, 0) is 0 Å². The van der Waals surface area contributed by atoms with Crippen LogP contribution in [0.25, 0.3) is 20.5 Å². The van der Waals surface area contributed by atoms with Gasteiger partial charge in [-0.25, -0.2) is 0 Å². The van der Waals surface area contributed by atoms with Gasteiger partial charge in [0, 0.05) is 21.7 Å². The van der Waals surface area contributed by atoms with Crippen molar-refractivity contribution in [3.8, 4) is 21.9 Å². The van der Waals surface area contributed by atoms with Gasteiger partial charge < -0.3 is 9.47 Å². The van der Waals surface area contributed by atoms with Crippen LogP contribution >= 0.6 is 33.9 Å². The minimum absolute atomic E-state index is 0.0618. The zero-order valence-corrected chi connectivity index (χ0v) is 15.0. The molecule has 1 heterocycles. The molecule has 0 spiro atoms. The Morgan fingerprint density at radius 3 is 2.27 bits per heavy atom. The Bertz CT molecular complexity index is 880. The van der Waals surface area contributed by atoms with Crippen LogP contribution < -0.4 is 14.9 Å². The fourth-order valence-corrected chi connectivity index (χ4v) is 4.23. The molecule has 0 N–H and O–H groups in total. The molecule has 0 aliphatic rings. The minimum Gasteiger partial charge on any atom is -0.497 e. The molecule has 0 saturated carbocycles. The van der Waals surface area contributed by atoms with E-state index in [4.69, 9.17) is 9.47 Å². The Hall–Kier alpha value is -1.60. The molecule has 0 atom stereocenters. The molecule has 0 fully saturated rings. The summed E-state index contributed by atoms with van der Waals surface area (Å²) < 4.78 is 12.3. The quantitative estimate of drug-likeness (QED) is 0.579. The van der Waals surface area contributed by atoms with Crippen molar-refractivity contribution < 1.29 is 9.47 Å². The van der Waals surface area contributed by atoms with Gasteiger partial charge in [0.1, 0.15) is 11.5 Å². The molecule has 0 saturated heterocycles. The maximum Gasteiger partial charge on any atom is 0.201 e. The molecule has 0 bridgehead atoms. The van der Waals surface area contributed by atoms with Crippen molar-refractivity contribution in [2.75, 3.05) is 14.2 Å². The van der Waals surface area contributed by atoms with Crippen LogP contribution in [0, 0.1) is 3.57 Å². The van der Waals surface area contributed by atoms with Crippen LogP contribution in [0.4, 0.5) is 0 Å². The highest BCUT2D eigenvalue weighted by atomic mass is 127. The summed E-state index contributed by atoms with van der Waals surface area (Å²) in [7, 11) is 3.23. The van der Waals surface area contributed by atoms with Crippen LogP contribution in [0.15, 0.2) is 47.3 Å². The van der Waals surface area contributed by atoms with Gasteiger partial charge in [-0.05, 0) is 46.9 Å². The van der Waals surface area contributed by atoms with Crippen molar-refractivity contribution in [1.82, 2.24) is 0 Å². The average Bonchev–Trinajstić information content (AvgIpc) is 2.57. The van der Waals surface area contributed by atoms with Gasteiger partial charge in [-0.15, -0.1) is 11.3 Å². The molecule has 2 aromatic carbocycles. The smallest absolute Gasteiger partial charge is 0.201 e. The van der Waals surface area contributed by atoms with Crippen LogP contribution in [0.3, 0.4) is 0 Å². The van der Waals surface area contributed by atoms with Crippen molar-refractivity contribution in [2.24, 2.45) is 0 Å². The summed E-state index contributed by atoms with van der Waals surface area (Å²) in [6.45, 7) is 0. The molecule has 3 rings (SSSR count). The molecule has 1 aromatic heterocycles. The van der Waals surface area contributed by atoms with E-state index in [1.165, 1.54) is 0 Å². The predicted octanol–water partition coefficient (Wildman–Crippen LogP) is 4.55. The van der Waals surface area contributed by atoms with E-state index < -0.39 is 0 Å². The van der Waals surface area contributed by atoms with E-state index in [0.29, 0.717) is 11.5 Å². The summed E-state index contributed by atoms with van der Waals surface area (Å²) in [4.78, 5) is 13.5. The third-order valence-corrected chi connectivity index (χ3v) is 5.97. The van der Waals surface area contributed by atoms with E-state index in [1.54, 1.807) is 25.6 Å². The maximum absolute atomic E-state index is 12.6. The number of halogens is 1. The lowest BCUT2D eigenvalue weighted by atomic mass is 10.1. The Kier molecular flexibility index (Phi) is 4.35. The molecule has 0 aliphatic heterocycles. The van der Waals surface area contributed by atoms with Gasteiger partial charge in [0.15, 0.2) is 0 Å². The van der Waals surface area contributed by atoms with Crippen molar-refractivity contribution in [3.05, 3.63) is 56.3 Å². The van der Waals surface area contributed by atoms with Crippen molar-refractivity contribution >= 4 is 44.0 Å². The lowest BCUT2D eigenvalue weighted by Gasteiger charge is -2.10. The van der Waals surface area contributed by atoms with Gasteiger partial charge in [-0.2, -0.15) is 0 Å². The first-order valence-corrected chi connectivity index (χ1v) is 8.48.